The first-order valence-corrected chi connectivity index (χ1v) is 10.5. The molecule has 0 radical (unpaired) electrons. The van der Waals surface area contributed by atoms with E-state index in [4.69, 9.17) is 4.74 Å². The lowest BCUT2D eigenvalue weighted by atomic mass is 10.1. The standard InChI is InChI=1S/C20H28N4O2S/c1-20(2,3)26-19(25)23-13-11-22(12-14-23)17-8-6-5-7-16(17)15-24-10-9-21-18(24)27-4/h5-10H,11-15H2,1-4H3. The van der Waals surface area contributed by atoms with E-state index in [1.807, 2.05) is 39.4 Å². The smallest absolute Gasteiger partial charge is 0.410 e. The van der Waals surface area contributed by atoms with Gasteiger partial charge in [0.1, 0.15) is 5.60 Å². The molecular weight excluding hydrogens is 360 g/mol. The highest BCUT2D eigenvalue weighted by atomic mass is 32.2. The minimum atomic E-state index is -0.458. The number of aromatic nitrogens is 2. The van der Waals surface area contributed by atoms with Crippen LogP contribution in [0.4, 0.5) is 10.5 Å². The molecule has 0 spiro atoms. The van der Waals surface area contributed by atoms with E-state index >= 15 is 0 Å². The van der Waals surface area contributed by atoms with Gasteiger partial charge in [0.05, 0.1) is 6.54 Å². The van der Waals surface area contributed by atoms with Crippen molar-refractivity contribution < 1.29 is 9.53 Å². The van der Waals surface area contributed by atoms with E-state index in [2.05, 4.69) is 38.7 Å². The van der Waals surface area contributed by atoms with Crippen molar-refractivity contribution in [3.63, 3.8) is 0 Å². The number of benzene rings is 1. The van der Waals surface area contributed by atoms with Crippen molar-refractivity contribution in [1.29, 1.82) is 0 Å². The van der Waals surface area contributed by atoms with Gasteiger partial charge in [0, 0.05) is 44.3 Å². The highest BCUT2D eigenvalue weighted by Crippen LogP contribution is 2.25. The third-order valence-electron chi connectivity index (χ3n) is 4.46. The van der Waals surface area contributed by atoms with E-state index < -0.39 is 5.60 Å². The number of imidazole rings is 1. The van der Waals surface area contributed by atoms with E-state index in [-0.39, 0.29) is 6.09 Å². The Kier molecular flexibility index (Phi) is 5.99. The summed E-state index contributed by atoms with van der Waals surface area (Å²) in [6.45, 7) is 9.43. The molecule has 0 unspecified atom stereocenters. The number of carbonyl (C=O) groups excluding carboxylic acids is 1. The van der Waals surface area contributed by atoms with Crippen molar-refractivity contribution in [3.05, 3.63) is 42.2 Å². The summed E-state index contributed by atoms with van der Waals surface area (Å²) in [5, 5.41) is 1.01. The lowest BCUT2D eigenvalue weighted by Gasteiger charge is -2.37. The van der Waals surface area contributed by atoms with Crippen LogP contribution < -0.4 is 4.90 Å². The first-order chi connectivity index (χ1) is 12.9. The molecule has 0 aliphatic carbocycles. The van der Waals surface area contributed by atoms with Crippen LogP contribution in [0.1, 0.15) is 26.3 Å². The van der Waals surface area contributed by atoms with Gasteiger partial charge in [-0.1, -0.05) is 30.0 Å². The van der Waals surface area contributed by atoms with Gasteiger partial charge in [0.25, 0.3) is 0 Å². The quantitative estimate of drug-likeness (QED) is 0.748. The summed E-state index contributed by atoms with van der Waals surface area (Å²) in [7, 11) is 0. The Bertz CT molecular complexity index is 776. The van der Waals surface area contributed by atoms with Crippen molar-refractivity contribution >= 4 is 23.5 Å². The van der Waals surface area contributed by atoms with Crippen molar-refractivity contribution in [3.8, 4) is 0 Å². The molecule has 1 aromatic carbocycles. The molecule has 0 bridgehead atoms. The molecule has 7 heteroatoms. The monoisotopic (exact) mass is 388 g/mol. The zero-order chi connectivity index (χ0) is 19.4. The van der Waals surface area contributed by atoms with Gasteiger partial charge in [-0.3, -0.25) is 0 Å². The van der Waals surface area contributed by atoms with Gasteiger partial charge in [0.15, 0.2) is 5.16 Å². The van der Waals surface area contributed by atoms with Crippen LogP contribution in [0, 0.1) is 0 Å². The Labute approximate surface area is 165 Å². The second-order valence-corrected chi connectivity index (χ2v) is 8.40. The number of thioether (sulfide) groups is 1. The summed E-state index contributed by atoms with van der Waals surface area (Å²) in [4.78, 5) is 20.8. The van der Waals surface area contributed by atoms with Crippen molar-refractivity contribution in [2.24, 2.45) is 0 Å². The Morgan fingerprint density at radius 1 is 1.19 bits per heavy atom. The van der Waals surface area contributed by atoms with E-state index in [0.29, 0.717) is 13.1 Å². The van der Waals surface area contributed by atoms with Crippen molar-refractivity contribution in [2.45, 2.75) is 38.1 Å². The summed E-state index contributed by atoms with van der Waals surface area (Å²) < 4.78 is 7.66. The third kappa shape index (κ3) is 4.97. The zero-order valence-corrected chi connectivity index (χ0v) is 17.3. The number of nitrogens with zero attached hydrogens (tertiary/aromatic N) is 4. The van der Waals surface area contributed by atoms with E-state index in [0.717, 1.165) is 24.8 Å². The van der Waals surface area contributed by atoms with Crippen LogP contribution in [0.3, 0.4) is 0 Å². The number of piperazine rings is 1. The van der Waals surface area contributed by atoms with Gasteiger partial charge in [0.2, 0.25) is 0 Å². The van der Waals surface area contributed by atoms with Gasteiger partial charge < -0.3 is 19.1 Å². The molecule has 1 aliphatic heterocycles. The fraction of sp³-hybridized carbons (Fsp3) is 0.500. The van der Waals surface area contributed by atoms with Crippen molar-refractivity contribution in [1.82, 2.24) is 14.5 Å². The first kappa shape index (κ1) is 19.6. The molecule has 0 atom stereocenters. The van der Waals surface area contributed by atoms with Crippen LogP contribution in [-0.4, -0.2) is 58.6 Å². The SMILES string of the molecule is CSc1nccn1Cc1ccccc1N1CCN(C(=O)OC(C)(C)C)CC1. The van der Waals surface area contributed by atoms with Gasteiger partial charge in [-0.2, -0.15) is 0 Å². The largest absolute Gasteiger partial charge is 0.444 e. The maximum Gasteiger partial charge on any atom is 0.410 e. The predicted molar refractivity (Wildman–Crippen MR) is 110 cm³/mol. The summed E-state index contributed by atoms with van der Waals surface area (Å²) in [6.07, 6.45) is 5.68. The average molecular weight is 389 g/mol. The highest BCUT2D eigenvalue weighted by Gasteiger charge is 2.26. The second-order valence-electron chi connectivity index (χ2n) is 7.62. The van der Waals surface area contributed by atoms with Gasteiger partial charge in [-0.15, -0.1) is 0 Å². The molecule has 3 rings (SSSR count). The molecule has 1 amide bonds. The number of amides is 1. The molecule has 6 nitrogen and oxygen atoms in total. The minimum Gasteiger partial charge on any atom is -0.444 e. The number of anilines is 1. The summed E-state index contributed by atoms with van der Waals surface area (Å²) in [6, 6.07) is 8.47. The molecule has 1 aliphatic rings. The molecule has 27 heavy (non-hydrogen) atoms. The fourth-order valence-corrected chi connectivity index (χ4v) is 3.72. The van der Waals surface area contributed by atoms with Crippen LogP contribution in [0.2, 0.25) is 0 Å². The predicted octanol–water partition coefficient (Wildman–Crippen LogP) is 3.71. The first-order valence-electron chi connectivity index (χ1n) is 9.23. The Balaban J connectivity index is 1.67. The van der Waals surface area contributed by atoms with E-state index in [1.165, 1.54) is 11.3 Å². The summed E-state index contributed by atoms with van der Waals surface area (Å²) in [5.74, 6) is 0. The van der Waals surface area contributed by atoms with Crippen LogP contribution in [0.25, 0.3) is 0 Å². The Hall–Kier alpha value is -2.15. The summed E-state index contributed by atoms with van der Waals surface area (Å²) in [5.41, 5.74) is 2.03. The molecule has 1 fully saturated rings. The molecule has 1 saturated heterocycles. The number of ether oxygens (including phenoxy) is 1. The van der Waals surface area contributed by atoms with Crippen LogP contribution in [-0.2, 0) is 11.3 Å². The van der Waals surface area contributed by atoms with Crippen molar-refractivity contribution in [2.75, 3.05) is 37.3 Å². The number of hydrogen-bond acceptors (Lipinski definition) is 5. The molecular formula is C20H28N4O2S. The molecule has 0 N–H and O–H groups in total. The highest BCUT2D eigenvalue weighted by molar-refractivity contribution is 7.98. The van der Waals surface area contributed by atoms with Gasteiger partial charge in [-0.25, -0.2) is 9.78 Å². The second kappa shape index (κ2) is 8.25. The number of hydrogen-bond donors (Lipinski definition) is 0. The van der Waals surface area contributed by atoms with Crippen LogP contribution in [0.15, 0.2) is 41.8 Å². The number of para-hydroxylation sites is 1. The van der Waals surface area contributed by atoms with Crippen LogP contribution in [0.5, 0.6) is 0 Å². The molecule has 2 heterocycles. The van der Waals surface area contributed by atoms with Gasteiger partial charge >= 0.3 is 6.09 Å². The van der Waals surface area contributed by atoms with Crippen LogP contribution >= 0.6 is 11.8 Å². The molecule has 146 valence electrons. The van der Waals surface area contributed by atoms with Gasteiger partial charge in [-0.05, 0) is 38.7 Å². The lowest BCUT2D eigenvalue weighted by molar-refractivity contribution is 0.0240. The molecule has 0 saturated carbocycles. The molecule has 2 aromatic rings. The maximum atomic E-state index is 12.3. The number of carbonyl (C=O) groups is 1. The van der Waals surface area contributed by atoms with E-state index in [1.54, 1.807) is 16.7 Å². The Morgan fingerprint density at radius 2 is 1.89 bits per heavy atom. The number of rotatable bonds is 4. The topological polar surface area (TPSA) is 50.6 Å². The minimum absolute atomic E-state index is 0.224. The zero-order valence-electron chi connectivity index (χ0n) is 16.5. The molecule has 1 aromatic heterocycles. The normalized spacial score (nSPS) is 15.1. The maximum absolute atomic E-state index is 12.3. The average Bonchev–Trinajstić information content (AvgIpc) is 3.08. The van der Waals surface area contributed by atoms with E-state index in [9.17, 15) is 4.79 Å². The third-order valence-corrected chi connectivity index (χ3v) is 5.17. The Morgan fingerprint density at radius 3 is 2.56 bits per heavy atom. The summed E-state index contributed by atoms with van der Waals surface area (Å²) >= 11 is 1.65. The lowest BCUT2D eigenvalue weighted by Crippen LogP contribution is -2.50. The fourth-order valence-electron chi connectivity index (χ4n) is 3.20.